The fourth-order valence-electron chi connectivity index (χ4n) is 3.10. The highest BCUT2D eigenvalue weighted by molar-refractivity contribution is 9.10. The van der Waals surface area contributed by atoms with Gasteiger partial charge in [0.1, 0.15) is 19.8 Å². The average molecular weight is 533 g/mol. The third-order valence-electron chi connectivity index (χ3n) is 4.69. The Balaban J connectivity index is 1.47. The Kier molecular flexibility index (Phi) is 7.05. The standard InChI is InChI=1S/C23H21BrN2O6S/c1-29-22-12-17(11-19(24)23(22)32-15-16-5-3-2-4-6-16)14-25-26-33(27,28)18-7-8-20-21(13-18)31-10-9-30-20/h2-8,11-14,26H,9-10,15H2,1H3/b25-14-. The van der Waals surface area contributed by atoms with E-state index in [9.17, 15) is 8.42 Å². The van der Waals surface area contributed by atoms with Gasteiger partial charge in [-0.3, -0.25) is 0 Å². The molecule has 0 bridgehead atoms. The fraction of sp³-hybridized carbons (Fsp3) is 0.174. The van der Waals surface area contributed by atoms with Crippen molar-refractivity contribution in [1.29, 1.82) is 0 Å². The molecule has 0 spiro atoms. The van der Waals surface area contributed by atoms with Crippen LogP contribution in [0.3, 0.4) is 0 Å². The SMILES string of the molecule is COc1cc(/C=N\NS(=O)(=O)c2ccc3c(c2)OCCO3)cc(Br)c1OCc1ccccc1. The number of hydrazone groups is 1. The molecule has 3 aromatic rings. The van der Waals surface area contributed by atoms with Crippen molar-refractivity contribution < 1.29 is 27.4 Å². The van der Waals surface area contributed by atoms with Gasteiger partial charge in [-0.1, -0.05) is 30.3 Å². The van der Waals surface area contributed by atoms with Crippen molar-refractivity contribution in [3.05, 3.63) is 76.3 Å². The number of ether oxygens (including phenoxy) is 4. The first-order valence-electron chi connectivity index (χ1n) is 9.95. The molecule has 1 heterocycles. The van der Waals surface area contributed by atoms with Crippen LogP contribution in [0.15, 0.2) is 75.1 Å². The minimum absolute atomic E-state index is 0.0207. The third-order valence-corrected chi connectivity index (χ3v) is 6.50. The van der Waals surface area contributed by atoms with Gasteiger partial charge in [-0.15, -0.1) is 0 Å². The normalized spacial score (nSPS) is 13.0. The molecule has 1 aliphatic rings. The van der Waals surface area contributed by atoms with Crippen molar-refractivity contribution in [1.82, 2.24) is 4.83 Å². The lowest BCUT2D eigenvalue weighted by atomic mass is 10.2. The Labute approximate surface area is 200 Å². The summed E-state index contributed by atoms with van der Waals surface area (Å²) in [5.41, 5.74) is 1.63. The second-order valence-electron chi connectivity index (χ2n) is 6.97. The lowest BCUT2D eigenvalue weighted by molar-refractivity contribution is 0.171. The number of benzene rings is 3. The summed E-state index contributed by atoms with van der Waals surface area (Å²) in [5, 5.41) is 3.89. The molecule has 4 rings (SSSR count). The lowest BCUT2D eigenvalue weighted by Gasteiger charge is -2.18. The smallest absolute Gasteiger partial charge is 0.276 e. The van der Waals surface area contributed by atoms with Crippen LogP contribution in [0.5, 0.6) is 23.0 Å². The third kappa shape index (κ3) is 5.58. The van der Waals surface area contributed by atoms with Gasteiger partial charge in [-0.05, 0) is 51.3 Å². The van der Waals surface area contributed by atoms with Gasteiger partial charge in [-0.25, -0.2) is 4.83 Å². The first-order valence-corrected chi connectivity index (χ1v) is 12.2. The van der Waals surface area contributed by atoms with Crippen LogP contribution in [0, 0.1) is 0 Å². The molecule has 0 unspecified atom stereocenters. The van der Waals surface area contributed by atoms with E-state index in [2.05, 4.69) is 25.9 Å². The molecule has 33 heavy (non-hydrogen) atoms. The summed E-state index contributed by atoms with van der Waals surface area (Å²) in [6.07, 6.45) is 1.38. The van der Waals surface area contributed by atoms with E-state index in [1.165, 1.54) is 25.5 Å². The second kappa shape index (κ2) is 10.1. The quantitative estimate of drug-likeness (QED) is 0.346. The molecular formula is C23H21BrN2O6S. The molecule has 0 atom stereocenters. The van der Waals surface area contributed by atoms with Crippen LogP contribution in [0.25, 0.3) is 0 Å². The van der Waals surface area contributed by atoms with E-state index < -0.39 is 10.0 Å². The monoisotopic (exact) mass is 532 g/mol. The maximum absolute atomic E-state index is 12.6. The average Bonchev–Trinajstić information content (AvgIpc) is 2.83. The summed E-state index contributed by atoms with van der Waals surface area (Å²) in [6.45, 7) is 1.17. The number of hydrogen-bond donors (Lipinski definition) is 1. The number of sulfonamides is 1. The first kappa shape index (κ1) is 22.9. The minimum Gasteiger partial charge on any atom is -0.493 e. The molecular weight excluding hydrogens is 512 g/mol. The summed E-state index contributed by atoms with van der Waals surface area (Å²) < 4.78 is 48.1. The number of fused-ring (bicyclic) bond motifs is 1. The number of methoxy groups -OCH3 is 1. The molecule has 1 N–H and O–H groups in total. The van der Waals surface area contributed by atoms with Gasteiger partial charge in [0.25, 0.3) is 10.0 Å². The van der Waals surface area contributed by atoms with Crippen LogP contribution in [-0.2, 0) is 16.6 Å². The molecule has 8 nitrogen and oxygen atoms in total. The maximum Gasteiger partial charge on any atom is 0.276 e. The van der Waals surface area contributed by atoms with Crippen molar-refractivity contribution in [2.24, 2.45) is 5.10 Å². The molecule has 0 aromatic heterocycles. The van der Waals surface area contributed by atoms with Crippen LogP contribution in [0.2, 0.25) is 0 Å². The van der Waals surface area contributed by atoms with E-state index in [0.29, 0.717) is 52.9 Å². The summed E-state index contributed by atoms with van der Waals surface area (Å²) in [7, 11) is -2.36. The predicted octanol–water partition coefficient (Wildman–Crippen LogP) is 4.12. The van der Waals surface area contributed by atoms with Gasteiger partial charge in [0.2, 0.25) is 0 Å². The fourth-order valence-corrected chi connectivity index (χ4v) is 4.48. The summed E-state index contributed by atoms with van der Waals surface area (Å²) in [4.78, 5) is 2.23. The Morgan fingerprint density at radius 2 is 1.82 bits per heavy atom. The van der Waals surface area contributed by atoms with Crippen LogP contribution < -0.4 is 23.8 Å². The zero-order valence-corrected chi connectivity index (χ0v) is 20.1. The molecule has 1 aliphatic heterocycles. The number of hydrogen-bond acceptors (Lipinski definition) is 7. The minimum atomic E-state index is -3.89. The Bertz CT molecular complexity index is 1270. The highest BCUT2D eigenvalue weighted by Crippen LogP contribution is 2.37. The van der Waals surface area contributed by atoms with Gasteiger partial charge >= 0.3 is 0 Å². The number of nitrogens with zero attached hydrogens (tertiary/aromatic N) is 1. The van der Waals surface area contributed by atoms with Gasteiger partial charge in [0.15, 0.2) is 23.0 Å². The maximum atomic E-state index is 12.6. The Morgan fingerprint density at radius 1 is 1.06 bits per heavy atom. The lowest BCUT2D eigenvalue weighted by Crippen LogP contribution is -2.20. The first-order chi connectivity index (χ1) is 16.0. The molecule has 0 radical (unpaired) electrons. The number of halogens is 1. The van der Waals surface area contributed by atoms with Crippen molar-refractivity contribution >= 4 is 32.2 Å². The Hall–Kier alpha value is -3.24. The van der Waals surface area contributed by atoms with Gasteiger partial charge < -0.3 is 18.9 Å². The van der Waals surface area contributed by atoms with Crippen molar-refractivity contribution in [2.45, 2.75) is 11.5 Å². The molecule has 172 valence electrons. The molecule has 0 saturated heterocycles. The van der Waals surface area contributed by atoms with E-state index in [-0.39, 0.29) is 4.90 Å². The largest absolute Gasteiger partial charge is 0.493 e. The topological polar surface area (TPSA) is 95.5 Å². The van der Waals surface area contributed by atoms with Crippen molar-refractivity contribution in [2.75, 3.05) is 20.3 Å². The predicted molar refractivity (Wildman–Crippen MR) is 127 cm³/mol. The molecule has 0 amide bonds. The van der Waals surface area contributed by atoms with Crippen LogP contribution in [0.1, 0.15) is 11.1 Å². The molecule has 0 saturated carbocycles. The number of rotatable bonds is 8. The van der Waals surface area contributed by atoms with E-state index in [1.807, 2.05) is 30.3 Å². The van der Waals surface area contributed by atoms with E-state index in [0.717, 1.165) is 5.56 Å². The van der Waals surface area contributed by atoms with Gasteiger partial charge in [-0.2, -0.15) is 13.5 Å². The van der Waals surface area contributed by atoms with Crippen molar-refractivity contribution in [3.8, 4) is 23.0 Å². The molecule has 10 heteroatoms. The van der Waals surface area contributed by atoms with Crippen molar-refractivity contribution in [3.63, 3.8) is 0 Å². The second-order valence-corrected chi connectivity index (χ2v) is 9.48. The number of nitrogens with one attached hydrogen (secondary N) is 1. The Morgan fingerprint density at radius 3 is 2.58 bits per heavy atom. The van der Waals surface area contributed by atoms with E-state index in [1.54, 1.807) is 18.2 Å². The molecule has 3 aromatic carbocycles. The molecule has 0 fully saturated rings. The van der Waals surface area contributed by atoms with E-state index >= 15 is 0 Å². The van der Waals surface area contributed by atoms with Gasteiger partial charge in [0.05, 0.1) is 22.7 Å². The zero-order chi connectivity index (χ0) is 23.3. The van der Waals surface area contributed by atoms with Crippen LogP contribution in [0.4, 0.5) is 0 Å². The zero-order valence-electron chi connectivity index (χ0n) is 17.7. The summed E-state index contributed by atoms with van der Waals surface area (Å²) >= 11 is 3.48. The summed E-state index contributed by atoms with van der Waals surface area (Å²) in [5.74, 6) is 1.91. The van der Waals surface area contributed by atoms with Crippen LogP contribution in [-0.4, -0.2) is 35.0 Å². The highest BCUT2D eigenvalue weighted by Gasteiger charge is 2.19. The summed E-state index contributed by atoms with van der Waals surface area (Å²) in [6, 6.07) is 17.6. The van der Waals surface area contributed by atoms with Crippen LogP contribution >= 0.6 is 15.9 Å². The van der Waals surface area contributed by atoms with E-state index in [4.69, 9.17) is 18.9 Å². The van der Waals surface area contributed by atoms with Gasteiger partial charge in [0, 0.05) is 6.07 Å². The molecule has 0 aliphatic carbocycles. The highest BCUT2D eigenvalue weighted by atomic mass is 79.9.